The van der Waals surface area contributed by atoms with Crippen LogP contribution in [-0.2, 0) is 10.2 Å². The van der Waals surface area contributed by atoms with Crippen LogP contribution < -0.4 is 5.32 Å². The fourth-order valence-corrected chi connectivity index (χ4v) is 2.49. The maximum absolute atomic E-state index is 13.0. The third kappa shape index (κ3) is 2.98. The number of nitrogens with one attached hydrogen (secondary N) is 1. The number of rotatable bonds is 6. The van der Waals surface area contributed by atoms with Crippen LogP contribution >= 0.6 is 0 Å². The number of hydrogen-bond acceptors (Lipinski definition) is 2. The summed E-state index contributed by atoms with van der Waals surface area (Å²) in [6.07, 6.45) is 6.44. The highest BCUT2D eigenvalue weighted by molar-refractivity contribution is 5.31. The van der Waals surface area contributed by atoms with E-state index in [-0.39, 0.29) is 11.2 Å². The standard InChI is InChI=1S/C15H20FNO/c1-18-11-10-17-12-15(8-2-3-9-15)13-4-6-14(16)7-5-13/h2-7,17H,8-12H2,1H3. The molecule has 0 unspecified atom stereocenters. The topological polar surface area (TPSA) is 21.3 Å². The first kappa shape index (κ1) is 13.2. The molecule has 0 radical (unpaired) electrons. The summed E-state index contributed by atoms with van der Waals surface area (Å²) < 4.78 is 18.0. The van der Waals surface area contributed by atoms with Crippen LogP contribution in [0.4, 0.5) is 4.39 Å². The van der Waals surface area contributed by atoms with E-state index in [1.54, 1.807) is 19.2 Å². The van der Waals surface area contributed by atoms with Crippen LogP contribution in [-0.4, -0.2) is 26.8 Å². The summed E-state index contributed by atoms with van der Waals surface area (Å²) in [5, 5.41) is 3.42. The van der Waals surface area contributed by atoms with E-state index < -0.39 is 0 Å². The molecular formula is C15H20FNO. The zero-order valence-corrected chi connectivity index (χ0v) is 10.8. The van der Waals surface area contributed by atoms with E-state index in [2.05, 4.69) is 17.5 Å². The lowest BCUT2D eigenvalue weighted by molar-refractivity contribution is 0.196. The number of halogens is 1. The van der Waals surface area contributed by atoms with Gasteiger partial charge in [0.25, 0.3) is 0 Å². The van der Waals surface area contributed by atoms with Crippen molar-refractivity contribution in [3.05, 3.63) is 47.8 Å². The number of methoxy groups -OCH3 is 1. The van der Waals surface area contributed by atoms with Crippen LogP contribution in [0.1, 0.15) is 18.4 Å². The minimum atomic E-state index is -0.174. The van der Waals surface area contributed by atoms with E-state index in [0.717, 1.165) is 25.9 Å². The smallest absolute Gasteiger partial charge is 0.123 e. The molecule has 0 heterocycles. The van der Waals surface area contributed by atoms with Gasteiger partial charge in [0, 0.05) is 25.6 Å². The van der Waals surface area contributed by atoms with Gasteiger partial charge in [-0.3, -0.25) is 0 Å². The molecule has 1 N–H and O–H groups in total. The van der Waals surface area contributed by atoms with Gasteiger partial charge < -0.3 is 10.1 Å². The summed E-state index contributed by atoms with van der Waals surface area (Å²) in [4.78, 5) is 0. The van der Waals surface area contributed by atoms with Crippen molar-refractivity contribution in [1.29, 1.82) is 0 Å². The summed E-state index contributed by atoms with van der Waals surface area (Å²) >= 11 is 0. The van der Waals surface area contributed by atoms with Crippen molar-refractivity contribution < 1.29 is 9.13 Å². The van der Waals surface area contributed by atoms with E-state index in [1.165, 1.54) is 5.56 Å². The largest absolute Gasteiger partial charge is 0.383 e. The summed E-state index contributed by atoms with van der Waals surface area (Å²) in [5.74, 6) is -0.174. The van der Waals surface area contributed by atoms with Crippen LogP contribution in [0.25, 0.3) is 0 Å². The molecule has 2 rings (SSSR count). The van der Waals surface area contributed by atoms with Crippen LogP contribution in [0, 0.1) is 5.82 Å². The van der Waals surface area contributed by atoms with Crippen molar-refractivity contribution >= 4 is 0 Å². The van der Waals surface area contributed by atoms with Gasteiger partial charge in [-0.2, -0.15) is 0 Å². The van der Waals surface area contributed by atoms with Crippen LogP contribution in [0.15, 0.2) is 36.4 Å². The second-order valence-corrected chi connectivity index (χ2v) is 4.84. The predicted molar refractivity (Wildman–Crippen MR) is 71.2 cm³/mol. The van der Waals surface area contributed by atoms with Crippen molar-refractivity contribution in [1.82, 2.24) is 5.32 Å². The third-order valence-electron chi connectivity index (χ3n) is 3.59. The van der Waals surface area contributed by atoms with Crippen LogP contribution in [0.2, 0.25) is 0 Å². The highest BCUT2D eigenvalue weighted by Gasteiger charge is 2.32. The Kier molecular flexibility index (Phi) is 4.50. The van der Waals surface area contributed by atoms with Crippen LogP contribution in [0.3, 0.4) is 0 Å². The third-order valence-corrected chi connectivity index (χ3v) is 3.59. The fraction of sp³-hybridized carbons (Fsp3) is 0.467. The molecule has 0 saturated carbocycles. The summed E-state index contributed by atoms with van der Waals surface area (Å²) in [6, 6.07) is 6.90. The van der Waals surface area contributed by atoms with Gasteiger partial charge in [-0.15, -0.1) is 0 Å². The zero-order chi connectivity index (χ0) is 12.8. The molecule has 18 heavy (non-hydrogen) atoms. The van der Waals surface area contributed by atoms with Gasteiger partial charge in [-0.25, -0.2) is 4.39 Å². The van der Waals surface area contributed by atoms with Crippen molar-refractivity contribution in [2.75, 3.05) is 26.8 Å². The molecule has 1 aromatic rings. The summed E-state index contributed by atoms with van der Waals surface area (Å²) in [6.45, 7) is 2.46. The Morgan fingerprint density at radius 1 is 1.22 bits per heavy atom. The Morgan fingerprint density at radius 2 is 1.89 bits per heavy atom. The molecule has 0 spiro atoms. The Bertz CT molecular complexity index is 391. The van der Waals surface area contributed by atoms with Crippen LogP contribution in [0.5, 0.6) is 0 Å². The van der Waals surface area contributed by atoms with Crippen molar-refractivity contribution in [2.24, 2.45) is 0 Å². The Hall–Kier alpha value is -1.19. The lowest BCUT2D eigenvalue weighted by Gasteiger charge is -2.30. The highest BCUT2D eigenvalue weighted by atomic mass is 19.1. The molecule has 0 aromatic heterocycles. The second kappa shape index (κ2) is 6.12. The summed E-state index contributed by atoms with van der Waals surface area (Å²) in [5.41, 5.74) is 1.29. The highest BCUT2D eigenvalue weighted by Crippen LogP contribution is 2.36. The molecule has 0 saturated heterocycles. The lowest BCUT2D eigenvalue weighted by Crippen LogP contribution is -2.37. The van der Waals surface area contributed by atoms with E-state index in [4.69, 9.17) is 4.74 Å². The van der Waals surface area contributed by atoms with E-state index in [1.807, 2.05) is 12.1 Å². The number of benzene rings is 1. The normalized spacial score (nSPS) is 17.2. The lowest BCUT2D eigenvalue weighted by atomic mass is 9.78. The number of allylic oxidation sites excluding steroid dienone is 2. The Balaban J connectivity index is 2.04. The van der Waals surface area contributed by atoms with Gasteiger partial charge in [-0.05, 0) is 30.5 Å². The molecule has 1 aliphatic carbocycles. The summed E-state index contributed by atoms with van der Waals surface area (Å²) in [7, 11) is 1.70. The van der Waals surface area contributed by atoms with Gasteiger partial charge in [-0.1, -0.05) is 24.3 Å². The quantitative estimate of drug-likeness (QED) is 0.618. The van der Waals surface area contributed by atoms with Gasteiger partial charge >= 0.3 is 0 Å². The zero-order valence-electron chi connectivity index (χ0n) is 10.8. The molecule has 2 nitrogen and oxygen atoms in total. The average Bonchev–Trinajstić information content (AvgIpc) is 2.85. The molecule has 0 bridgehead atoms. The maximum Gasteiger partial charge on any atom is 0.123 e. The monoisotopic (exact) mass is 249 g/mol. The molecule has 1 aliphatic rings. The van der Waals surface area contributed by atoms with Gasteiger partial charge in [0.15, 0.2) is 0 Å². The van der Waals surface area contributed by atoms with Crippen molar-refractivity contribution in [3.8, 4) is 0 Å². The van der Waals surface area contributed by atoms with Gasteiger partial charge in [0.1, 0.15) is 5.82 Å². The molecule has 0 atom stereocenters. The first-order chi connectivity index (χ1) is 8.77. The van der Waals surface area contributed by atoms with Crippen molar-refractivity contribution in [3.63, 3.8) is 0 Å². The number of ether oxygens (including phenoxy) is 1. The first-order valence-corrected chi connectivity index (χ1v) is 6.37. The average molecular weight is 249 g/mol. The molecule has 98 valence electrons. The molecule has 0 aliphatic heterocycles. The van der Waals surface area contributed by atoms with Gasteiger partial charge in [0.2, 0.25) is 0 Å². The van der Waals surface area contributed by atoms with Gasteiger partial charge in [0.05, 0.1) is 6.61 Å². The second-order valence-electron chi connectivity index (χ2n) is 4.84. The minimum Gasteiger partial charge on any atom is -0.383 e. The molecular weight excluding hydrogens is 229 g/mol. The van der Waals surface area contributed by atoms with E-state index in [9.17, 15) is 4.39 Å². The molecule has 0 amide bonds. The molecule has 1 aromatic carbocycles. The first-order valence-electron chi connectivity index (χ1n) is 6.37. The Labute approximate surface area is 108 Å². The van der Waals surface area contributed by atoms with Crippen molar-refractivity contribution in [2.45, 2.75) is 18.3 Å². The SMILES string of the molecule is COCCNCC1(c2ccc(F)cc2)CC=CC1. The van der Waals surface area contributed by atoms with E-state index in [0.29, 0.717) is 6.61 Å². The molecule has 3 heteroatoms. The molecule has 0 fully saturated rings. The minimum absolute atomic E-state index is 0.0848. The maximum atomic E-state index is 13.0. The Morgan fingerprint density at radius 3 is 2.50 bits per heavy atom. The number of hydrogen-bond donors (Lipinski definition) is 1. The van der Waals surface area contributed by atoms with E-state index >= 15 is 0 Å². The fourth-order valence-electron chi connectivity index (χ4n) is 2.49. The predicted octanol–water partition coefficient (Wildman–Crippen LogP) is 2.65.